The zero-order valence-electron chi connectivity index (χ0n) is 18.0. The molecular weight excluding hydrogens is 410 g/mol. The lowest BCUT2D eigenvalue weighted by Gasteiger charge is -2.20. The Bertz CT molecular complexity index is 1030. The molecule has 0 aliphatic carbocycles. The highest BCUT2D eigenvalue weighted by Gasteiger charge is 2.20. The van der Waals surface area contributed by atoms with E-state index in [0.717, 1.165) is 23.2 Å². The number of nitrogens with zero attached hydrogens (tertiary/aromatic N) is 3. The van der Waals surface area contributed by atoms with Crippen molar-refractivity contribution in [2.75, 3.05) is 26.9 Å². The monoisotopic (exact) mass is 437 g/mol. The van der Waals surface area contributed by atoms with E-state index in [1.807, 2.05) is 59.3 Å². The van der Waals surface area contributed by atoms with Gasteiger partial charge in [0.15, 0.2) is 11.5 Å². The van der Waals surface area contributed by atoms with E-state index in [2.05, 4.69) is 5.10 Å². The van der Waals surface area contributed by atoms with Crippen LogP contribution in [-0.4, -0.2) is 58.9 Å². The molecule has 4 rings (SSSR count). The summed E-state index contributed by atoms with van der Waals surface area (Å²) in [7, 11) is 1.62. The van der Waals surface area contributed by atoms with Gasteiger partial charge in [-0.05, 0) is 29.8 Å². The highest BCUT2D eigenvalue weighted by Crippen LogP contribution is 2.34. The Morgan fingerprint density at radius 2 is 2.06 bits per heavy atom. The van der Waals surface area contributed by atoms with Crippen molar-refractivity contribution in [3.63, 3.8) is 0 Å². The number of hydrogen-bond donors (Lipinski definition) is 1. The lowest BCUT2D eigenvalue weighted by molar-refractivity contribution is 0.138. The van der Waals surface area contributed by atoms with Crippen LogP contribution in [0.15, 0.2) is 60.8 Å². The third-order valence-corrected chi connectivity index (χ3v) is 5.43. The van der Waals surface area contributed by atoms with Gasteiger partial charge in [0.25, 0.3) is 0 Å². The topological polar surface area (TPSA) is 86.1 Å². The molecule has 8 nitrogen and oxygen atoms in total. The fourth-order valence-corrected chi connectivity index (χ4v) is 3.73. The number of aromatic nitrogens is 2. The normalized spacial score (nSPS) is 15.5. The minimum absolute atomic E-state index is 0.00571. The summed E-state index contributed by atoms with van der Waals surface area (Å²) in [5.74, 6) is 1.32. The number of carboxylic acid groups (broad SMARTS) is 1. The molecule has 0 saturated carbocycles. The van der Waals surface area contributed by atoms with Crippen LogP contribution in [0, 0.1) is 0 Å². The van der Waals surface area contributed by atoms with Gasteiger partial charge in [0.1, 0.15) is 6.10 Å². The molecule has 1 aliphatic rings. The number of rotatable bonds is 9. The van der Waals surface area contributed by atoms with Crippen molar-refractivity contribution >= 4 is 6.09 Å². The molecule has 1 N–H and O–H groups in total. The van der Waals surface area contributed by atoms with Crippen molar-refractivity contribution in [3.8, 4) is 22.8 Å². The maximum atomic E-state index is 11.8. The van der Waals surface area contributed by atoms with Crippen LogP contribution in [0.1, 0.15) is 12.0 Å². The van der Waals surface area contributed by atoms with Gasteiger partial charge in [0.2, 0.25) is 0 Å². The molecule has 0 bridgehead atoms. The Morgan fingerprint density at radius 1 is 1.22 bits per heavy atom. The van der Waals surface area contributed by atoms with Crippen LogP contribution >= 0.6 is 0 Å². The van der Waals surface area contributed by atoms with E-state index in [1.54, 1.807) is 13.3 Å². The molecule has 1 atom stereocenters. The number of hydrogen-bond acceptors (Lipinski definition) is 5. The first kappa shape index (κ1) is 21.7. The van der Waals surface area contributed by atoms with Crippen molar-refractivity contribution in [3.05, 3.63) is 66.4 Å². The summed E-state index contributed by atoms with van der Waals surface area (Å²) in [6.45, 7) is 2.34. The molecule has 1 amide bonds. The minimum Gasteiger partial charge on any atom is -0.493 e. The summed E-state index contributed by atoms with van der Waals surface area (Å²) in [5.41, 5.74) is 2.75. The van der Waals surface area contributed by atoms with Crippen molar-refractivity contribution in [1.82, 2.24) is 14.7 Å². The smallest absolute Gasteiger partial charge is 0.407 e. The molecule has 0 radical (unpaired) electrons. The molecule has 2 aromatic carbocycles. The van der Waals surface area contributed by atoms with Gasteiger partial charge in [-0.15, -0.1) is 0 Å². The molecular formula is C24H27N3O5. The van der Waals surface area contributed by atoms with E-state index in [-0.39, 0.29) is 6.10 Å². The van der Waals surface area contributed by atoms with Crippen molar-refractivity contribution in [2.24, 2.45) is 0 Å². The predicted molar refractivity (Wildman–Crippen MR) is 119 cm³/mol. The van der Waals surface area contributed by atoms with E-state index >= 15 is 0 Å². The first-order valence-corrected chi connectivity index (χ1v) is 10.6. The first-order valence-electron chi connectivity index (χ1n) is 10.6. The Balaban J connectivity index is 1.49. The summed E-state index contributed by atoms with van der Waals surface area (Å²) < 4.78 is 18.8. The average molecular weight is 437 g/mol. The Hall–Kier alpha value is -3.52. The van der Waals surface area contributed by atoms with E-state index in [4.69, 9.17) is 14.2 Å². The second kappa shape index (κ2) is 10.2. The average Bonchev–Trinajstić information content (AvgIpc) is 3.49. The van der Waals surface area contributed by atoms with Gasteiger partial charge in [-0.1, -0.05) is 30.3 Å². The standard InChI is InChI=1S/C24H27N3O5/c1-30-22-8-7-19(15-23(22)32-20-10-14-31-17-20)21-9-11-25-27(21)13-12-26(24(28)29)16-18-5-3-2-4-6-18/h2-9,11,15,20H,10,12-14,16-17H2,1H3,(H,28,29)/t20-/m1/s1. The summed E-state index contributed by atoms with van der Waals surface area (Å²) in [4.78, 5) is 13.1. The summed E-state index contributed by atoms with van der Waals surface area (Å²) in [6.07, 6.45) is 1.61. The maximum absolute atomic E-state index is 11.8. The largest absolute Gasteiger partial charge is 0.493 e. The van der Waals surface area contributed by atoms with E-state index < -0.39 is 6.09 Å². The number of benzene rings is 2. The zero-order valence-corrected chi connectivity index (χ0v) is 18.0. The van der Waals surface area contributed by atoms with Crippen LogP contribution in [-0.2, 0) is 17.8 Å². The molecule has 1 saturated heterocycles. The highest BCUT2D eigenvalue weighted by atomic mass is 16.6. The lowest BCUT2D eigenvalue weighted by atomic mass is 10.1. The van der Waals surface area contributed by atoms with Crippen LogP contribution in [0.2, 0.25) is 0 Å². The van der Waals surface area contributed by atoms with Gasteiger partial charge >= 0.3 is 6.09 Å². The Labute approximate surface area is 186 Å². The second-order valence-electron chi connectivity index (χ2n) is 7.60. The summed E-state index contributed by atoms with van der Waals surface area (Å²) in [5, 5.41) is 14.0. The van der Waals surface area contributed by atoms with Gasteiger partial charge in [-0.3, -0.25) is 4.68 Å². The zero-order chi connectivity index (χ0) is 22.3. The van der Waals surface area contributed by atoms with E-state index in [1.165, 1.54) is 4.90 Å². The molecule has 168 valence electrons. The molecule has 1 fully saturated rings. The van der Waals surface area contributed by atoms with Gasteiger partial charge < -0.3 is 24.2 Å². The third-order valence-electron chi connectivity index (χ3n) is 5.43. The molecule has 0 unspecified atom stereocenters. The molecule has 1 aliphatic heterocycles. The molecule has 32 heavy (non-hydrogen) atoms. The minimum atomic E-state index is -0.957. The van der Waals surface area contributed by atoms with Crippen LogP contribution < -0.4 is 9.47 Å². The highest BCUT2D eigenvalue weighted by molar-refractivity contribution is 5.65. The number of carbonyl (C=O) groups is 1. The Kier molecular flexibility index (Phi) is 6.91. The van der Waals surface area contributed by atoms with Crippen molar-refractivity contribution in [1.29, 1.82) is 0 Å². The van der Waals surface area contributed by atoms with Crippen molar-refractivity contribution < 1.29 is 24.1 Å². The van der Waals surface area contributed by atoms with Gasteiger partial charge in [-0.25, -0.2) is 4.79 Å². The Morgan fingerprint density at radius 3 is 2.78 bits per heavy atom. The molecule has 8 heteroatoms. The second-order valence-corrected chi connectivity index (χ2v) is 7.60. The lowest BCUT2D eigenvalue weighted by Crippen LogP contribution is -2.32. The van der Waals surface area contributed by atoms with Crippen molar-refractivity contribution in [2.45, 2.75) is 25.6 Å². The number of methoxy groups -OCH3 is 1. The van der Waals surface area contributed by atoms with Gasteiger partial charge in [-0.2, -0.15) is 5.10 Å². The van der Waals surface area contributed by atoms with Crippen LogP contribution in [0.25, 0.3) is 11.3 Å². The van der Waals surface area contributed by atoms with E-state index in [0.29, 0.717) is 44.3 Å². The van der Waals surface area contributed by atoms with Crippen LogP contribution in [0.3, 0.4) is 0 Å². The predicted octanol–water partition coefficient (Wildman–Crippen LogP) is 3.91. The van der Waals surface area contributed by atoms with E-state index in [9.17, 15) is 9.90 Å². The number of amides is 1. The fourth-order valence-electron chi connectivity index (χ4n) is 3.73. The molecule has 3 aromatic rings. The molecule has 2 heterocycles. The SMILES string of the molecule is COc1ccc(-c2ccnn2CCN(Cc2ccccc2)C(=O)O)cc1O[C@@H]1CCOC1. The summed E-state index contributed by atoms with van der Waals surface area (Å²) in [6, 6.07) is 17.2. The van der Waals surface area contributed by atoms with Gasteiger partial charge in [0.05, 0.1) is 32.6 Å². The summed E-state index contributed by atoms with van der Waals surface area (Å²) >= 11 is 0. The van der Waals surface area contributed by atoms with Crippen LogP contribution in [0.4, 0.5) is 4.79 Å². The first-order chi connectivity index (χ1) is 15.6. The fraction of sp³-hybridized carbons (Fsp3) is 0.333. The number of ether oxygens (including phenoxy) is 3. The van der Waals surface area contributed by atoms with Crippen LogP contribution in [0.5, 0.6) is 11.5 Å². The molecule has 0 spiro atoms. The van der Waals surface area contributed by atoms with Gasteiger partial charge in [0, 0.05) is 31.3 Å². The quantitative estimate of drug-likeness (QED) is 0.546. The molecule has 1 aromatic heterocycles. The maximum Gasteiger partial charge on any atom is 0.407 e. The third kappa shape index (κ3) is 5.20.